The fourth-order valence-electron chi connectivity index (χ4n) is 0.501. The summed E-state index contributed by atoms with van der Waals surface area (Å²) in [5, 5.41) is 8.26. The van der Waals surface area contributed by atoms with Gasteiger partial charge in [0.1, 0.15) is 11.9 Å². The van der Waals surface area contributed by atoms with E-state index in [4.69, 9.17) is 6.63 Å². The van der Waals surface area contributed by atoms with Crippen LogP contribution in [0.4, 0.5) is 4.39 Å². The zero-order valence-corrected chi connectivity index (χ0v) is 4.56. The van der Waals surface area contributed by atoms with Crippen LogP contribution < -0.4 is 0 Å². The number of hydrogen-bond acceptors (Lipinski definition) is 1. The highest BCUT2D eigenvalue weighted by atomic mass is 19.1. The molecule has 0 spiro atoms. The Morgan fingerprint density at radius 2 is 2.44 bits per heavy atom. The molecular formula is C7H4FN. The summed E-state index contributed by atoms with van der Waals surface area (Å²) in [5.74, 6) is -0.630. The van der Waals surface area contributed by atoms with Gasteiger partial charge in [0.25, 0.3) is 0 Å². The molecule has 2 heteroatoms. The third-order valence-electron chi connectivity index (χ3n) is 0.934. The maximum absolute atomic E-state index is 12.5. The maximum atomic E-state index is 12.5. The predicted octanol–water partition coefficient (Wildman–Crippen LogP) is 1.70. The fourth-order valence-corrected chi connectivity index (χ4v) is 0.501. The van der Waals surface area contributed by atoms with E-state index in [0.29, 0.717) is 0 Å². The summed E-state index contributed by atoms with van der Waals surface area (Å²) in [6.45, 7) is 0. The van der Waals surface area contributed by atoms with E-state index < -0.39 is 5.82 Å². The SMILES string of the molecule is [2H]c1ccc(C#N)c(F)c1. The van der Waals surface area contributed by atoms with Crippen LogP contribution in [0.25, 0.3) is 0 Å². The Balaban J connectivity index is 3.23. The highest BCUT2D eigenvalue weighted by Gasteiger charge is 1.94. The lowest BCUT2D eigenvalue weighted by Gasteiger charge is -1.86. The molecule has 0 heterocycles. The van der Waals surface area contributed by atoms with Crippen LogP contribution in [-0.4, -0.2) is 0 Å². The molecule has 0 aromatic heterocycles. The van der Waals surface area contributed by atoms with Crippen molar-refractivity contribution in [2.24, 2.45) is 0 Å². The summed E-state index contributed by atoms with van der Waals surface area (Å²) in [5.41, 5.74) is -0.0176. The van der Waals surface area contributed by atoms with Gasteiger partial charge in [-0.25, -0.2) is 4.39 Å². The van der Waals surface area contributed by atoms with Crippen LogP contribution in [0.3, 0.4) is 0 Å². The number of benzene rings is 1. The Kier molecular flexibility index (Phi) is 1.14. The van der Waals surface area contributed by atoms with Crippen LogP contribution in [0, 0.1) is 17.1 Å². The molecule has 44 valence electrons. The van der Waals surface area contributed by atoms with Crippen molar-refractivity contribution in [3.63, 3.8) is 0 Å². The van der Waals surface area contributed by atoms with Crippen molar-refractivity contribution in [1.29, 1.82) is 5.26 Å². The van der Waals surface area contributed by atoms with E-state index in [1.54, 1.807) is 6.07 Å². The van der Waals surface area contributed by atoms with Crippen molar-refractivity contribution in [3.05, 3.63) is 35.6 Å². The number of nitriles is 1. The summed E-state index contributed by atoms with van der Waals surface area (Å²) in [7, 11) is 0. The molecule has 0 saturated heterocycles. The molecule has 0 aliphatic carbocycles. The lowest BCUT2D eigenvalue weighted by molar-refractivity contribution is 0.624. The van der Waals surface area contributed by atoms with Crippen molar-refractivity contribution < 1.29 is 5.76 Å². The van der Waals surface area contributed by atoms with E-state index >= 15 is 0 Å². The molecule has 0 fully saturated rings. The van der Waals surface area contributed by atoms with Gasteiger partial charge in [-0.05, 0) is 12.1 Å². The van der Waals surface area contributed by atoms with Gasteiger partial charge in [-0.3, -0.25) is 0 Å². The van der Waals surface area contributed by atoms with Gasteiger partial charge in [0.05, 0.1) is 6.93 Å². The Morgan fingerprint density at radius 1 is 1.67 bits per heavy atom. The Hall–Kier alpha value is -1.36. The average molecular weight is 122 g/mol. The second-order valence-electron chi connectivity index (χ2n) is 1.52. The second-order valence-corrected chi connectivity index (χ2v) is 1.52. The maximum Gasteiger partial charge on any atom is 0.140 e. The van der Waals surface area contributed by atoms with Crippen molar-refractivity contribution in [1.82, 2.24) is 0 Å². The third kappa shape index (κ3) is 1.06. The van der Waals surface area contributed by atoms with Gasteiger partial charge >= 0.3 is 0 Å². The highest BCUT2D eigenvalue weighted by molar-refractivity contribution is 5.29. The molecule has 1 rings (SSSR count). The smallest absolute Gasteiger partial charge is 0.140 e. The van der Waals surface area contributed by atoms with Gasteiger partial charge in [-0.1, -0.05) is 12.1 Å². The Labute approximate surface area is 53.8 Å². The normalized spacial score (nSPS) is 10.0. The summed E-state index contributed by atoms with van der Waals surface area (Å²) in [4.78, 5) is 0. The number of hydrogen-bond donors (Lipinski definition) is 0. The first-order valence-electron chi connectivity index (χ1n) is 2.90. The molecule has 9 heavy (non-hydrogen) atoms. The molecule has 1 aromatic carbocycles. The summed E-state index contributed by atoms with van der Waals surface area (Å²) < 4.78 is 19.5. The summed E-state index contributed by atoms with van der Waals surface area (Å²) in [6, 6.07) is 5.42. The van der Waals surface area contributed by atoms with Gasteiger partial charge in [0.2, 0.25) is 0 Å². The topological polar surface area (TPSA) is 23.8 Å². The number of rotatable bonds is 0. The van der Waals surface area contributed by atoms with E-state index in [0.717, 1.165) is 6.07 Å². The number of nitrogens with zero attached hydrogens (tertiary/aromatic N) is 1. The molecule has 0 bridgehead atoms. The molecule has 0 saturated carbocycles. The van der Waals surface area contributed by atoms with Crippen LogP contribution in [0.1, 0.15) is 6.93 Å². The van der Waals surface area contributed by atoms with Crippen LogP contribution in [0.15, 0.2) is 24.2 Å². The van der Waals surface area contributed by atoms with E-state index in [1.807, 2.05) is 0 Å². The second kappa shape index (κ2) is 2.27. The number of halogens is 1. The fraction of sp³-hybridized carbons (Fsp3) is 0. The molecular weight excluding hydrogens is 117 g/mol. The standard InChI is InChI=1S/C7H4FN/c8-7-4-2-1-3-6(7)5-9/h1-4H/i2D. The molecule has 0 aliphatic rings. The molecule has 1 aromatic rings. The lowest BCUT2D eigenvalue weighted by atomic mass is 10.2. The van der Waals surface area contributed by atoms with Crippen molar-refractivity contribution in [2.75, 3.05) is 0 Å². The molecule has 0 radical (unpaired) electrons. The first-order valence-corrected chi connectivity index (χ1v) is 2.40. The molecule has 0 aliphatic heterocycles. The molecule has 0 unspecified atom stereocenters. The van der Waals surface area contributed by atoms with Gasteiger partial charge < -0.3 is 0 Å². The zero-order valence-electron chi connectivity index (χ0n) is 5.56. The van der Waals surface area contributed by atoms with Crippen LogP contribution >= 0.6 is 0 Å². The first-order chi connectivity index (χ1) is 4.74. The van der Waals surface area contributed by atoms with Crippen molar-refractivity contribution in [3.8, 4) is 6.07 Å². The third-order valence-corrected chi connectivity index (χ3v) is 0.934. The van der Waals surface area contributed by atoms with E-state index in [9.17, 15) is 4.39 Å². The van der Waals surface area contributed by atoms with Gasteiger partial charge in [-0.15, -0.1) is 0 Å². The monoisotopic (exact) mass is 122 g/mol. The Bertz CT molecular complexity index is 290. The predicted molar refractivity (Wildman–Crippen MR) is 31.1 cm³/mol. The highest BCUT2D eigenvalue weighted by Crippen LogP contribution is 2.02. The van der Waals surface area contributed by atoms with Crippen molar-refractivity contribution >= 4 is 0 Å². The first kappa shape index (κ1) is 4.51. The van der Waals surface area contributed by atoms with Gasteiger partial charge in [0.15, 0.2) is 0 Å². The largest absolute Gasteiger partial charge is 0.206 e. The van der Waals surface area contributed by atoms with Crippen molar-refractivity contribution in [2.45, 2.75) is 0 Å². The molecule has 0 N–H and O–H groups in total. The lowest BCUT2D eigenvalue weighted by Crippen LogP contribution is -1.78. The van der Waals surface area contributed by atoms with Gasteiger partial charge in [0, 0.05) is 0 Å². The minimum absolute atomic E-state index is 0.0176. The van der Waals surface area contributed by atoms with Gasteiger partial charge in [-0.2, -0.15) is 5.26 Å². The average Bonchev–Trinajstić information content (AvgIpc) is 1.88. The quantitative estimate of drug-likeness (QED) is 0.513. The van der Waals surface area contributed by atoms with E-state index in [2.05, 4.69) is 0 Å². The molecule has 0 atom stereocenters. The zero-order chi connectivity index (χ0) is 7.56. The Morgan fingerprint density at radius 3 is 3.00 bits per heavy atom. The van der Waals surface area contributed by atoms with Crippen LogP contribution in [-0.2, 0) is 0 Å². The van der Waals surface area contributed by atoms with E-state index in [1.165, 1.54) is 12.1 Å². The summed E-state index contributed by atoms with van der Waals surface area (Å²) in [6.07, 6.45) is 0. The van der Waals surface area contributed by atoms with Crippen LogP contribution in [0.5, 0.6) is 0 Å². The minimum Gasteiger partial charge on any atom is -0.206 e. The molecule has 1 nitrogen and oxygen atoms in total. The van der Waals surface area contributed by atoms with E-state index in [-0.39, 0.29) is 11.6 Å². The minimum atomic E-state index is -0.630. The molecule has 0 amide bonds. The summed E-state index contributed by atoms with van der Waals surface area (Å²) >= 11 is 0. The van der Waals surface area contributed by atoms with Crippen LogP contribution in [0.2, 0.25) is 0 Å².